The molecule has 0 N–H and O–H groups in total. The molecule has 1 aliphatic rings. The van der Waals surface area contributed by atoms with Crippen molar-refractivity contribution in [3.05, 3.63) is 22.9 Å². The van der Waals surface area contributed by atoms with Gasteiger partial charge in [-0.2, -0.15) is 5.26 Å². The van der Waals surface area contributed by atoms with Crippen molar-refractivity contribution in [2.24, 2.45) is 0 Å². The van der Waals surface area contributed by atoms with Gasteiger partial charge >= 0.3 is 0 Å². The first-order valence-electron chi connectivity index (χ1n) is 6.19. The highest BCUT2D eigenvalue weighted by Gasteiger charge is 2.25. The maximum absolute atomic E-state index is 11.8. The zero-order valence-corrected chi connectivity index (χ0v) is 11.5. The van der Waals surface area contributed by atoms with Gasteiger partial charge in [0.05, 0.1) is 10.8 Å². The molecule has 0 aliphatic heterocycles. The predicted molar refractivity (Wildman–Crippen MR) is 71.5 cm³/mol. The largest absolute Gasteiger partial charge is 0.298 e. The summed E-state index contributed by atoms with van der Waals surface area (Å²) in [6, 6.07) is 4.11. The minimum absolute atomic E-state index is 0.0143. The van der Waals surface area contributed by atoms with Crippen LogP contribution in [0, 0.1) is 25.2 Å². The van der Waals surface area contributed by atoms with Crippen molar-refractivity contribution < 1.29 is 4.79 Å². The number of pyridine rings is 1. The third-order valence-electron chi connectivity index (χ3n) is 3.18. The lowest BCUT2D eigenvalue weighted by atomic mass is 9.99. The lowest BCUT2D eigenvalue weighted by Gasteiger charge is -2.20. The molecule has 3 nitrogen and oxygen atoms in total. The number of carbonyl (C=O) groups excluding carboxylic acids is 1. The first kappa shape index (κ1) is 13.1. The zero-order chi connectivity index (χ0) is 13.1. The van der Waals surface area contributed by atoms with Crippen LogP contribution >= 0.6 is 11.8 Å². The Hall–Kier alpha value is -1.34. The maximum Gasteiger partial charge on any atom is 0.146 e. The van der Waals surface area contributed by atoms with Gasteiger partial charge in [-0.1, -0.05) is 18.2 Å². The molecule has 18 heavy (non-hydrogen) atoms. The van der Waals surface area contributed by atoms with Crippen LogP contribution in [0.25, 0.3) is 0 Å². The molecule has 0 radical (unpaired) electrons. The van der Waals surface area contributed by atoms with Gasteiger partial charge in [0, 0.05) is 12.1 Å². The zero-order valence-electron chi connectivity index (χ0n) is 10.7. The Bertz CT molecular complexity index is 519. The van der Waals surface area contributed by atoms with E-state index in [-0.39, 0.29) is 5.25 Å². The van der Waals surface area contributed by atoms with E-state index in [2.05, 4.69) is 11.1 Å². The molecule has 0 aromatic carbocycles. The minimum atomic E-state index is -0.0143. The van der Waals surface area contributed by atoms with Gasteiger partial charge in [0.15, 0.2) is 0 Å². The van der Waals surface area contributed by atoms with Crippen LogP contribution < -0.4 is 0 Å². The van der Waals surface area contributed by atoms with E-state index in [0.717, 1.165) is 35.5 Å². The maximum atomic E-state index is 11.8. The number of thioether (sulfide) groups is 1. The van der Waals surface area contributed by atoms with Crippen molar-refractivity contribution in [1.82, 2.24) is 4.98 Å². The lowest BCUT2D eigenvalue weighted by molar-refractivity contribution is -0.119. The van der Waals surface area contributed by atoms with Gasteiger partial charge < -0.3 is 0 Å². The monoisotopic (exact) mass is 260 g/mol. The number of nitrogens with zero attached hydrogens (tertiary/aromatic N) is 2. The van der Waals surface area contributed by atoms with Gasteiger partial charge in [0.25, 0.3) is 0 Å². The molecule has 4 heteroatoms. The van der Waals surface area contributed by atoms with Crippen molar-refractivity contribution in [3.8, 4) is 6.07 Å². The van der Waals surface area contributed by atoms with Crippen molar-refractivity contribution in [2.45, 2.75) is 49.8 Å². The Morgan fingerprint density at radius 3 is 2.89 bits per heavy atom. The number of aryl methyl sites for hydroxylation is 2. The van der Waals surface area contributed by atoms with Crippen LogP contribution in [0.15, 0.2) is 11.1 Å². The van der Waals surface area contributed by atoms with E-state index < -0.39 is 0 Å². The number of rotatable bonds is 2. The second-order valence-corrected chi connectivity index (χ2v) is 5.88. The van der Waals surface area contributed by atoms with Crippen molar-refractivity contribution in [1.29, 1.82) is 5.26 Å². The highest BCUT2D eigenvalue weighted by atomic mass is 32.2. The summed E-state index contributed by atoms with van der Waals surface area (Å²) in [5.74, 6) is 0.302. The number of hydrogen-bond donors (Lipinski definition) is 0. The van der Waals surface area contributed by atoms with Crippen LogP contribution in [-0.4, -0.2) is 16.0 Å². The van der Waals surface area contributed by atoms with Crippen LogP contribution in [0.3, 0.4) is 0 Å². The first-order chi connectivity index (χ1) is 8.61. The topological polar surface area (TPSA) is 53.8 Å². The highest BCUT2D eigenvalue weighted by molar-refractivity contribution is 8.00. The minimum Gasteiger partial charge on any atom is -0.298 e. The SMILES string of the molecule is Cc1cc(C)c(C#N)c(S[C@@H]2CCCCC2=O)n1. The van der Waals surface area contributed by atoms with E-state index in [1.54, 1.807) is 0 Å². The molecule has 1 aromatic rings. The normalized spacial score (nSPS) is 19.6. The summed E-state index contributed by atoms with van der Waals surface area (Å²) < 4.78 is 0. The molecule has 1 aliphatic carbocycles. The third-order valence-corrected chi connectivity index (χ3v) is 4.48. The average molecular weight is 260 g/mol. The molecule has 1 atom stereocenters. The van der Waals surface area contributed by atoms with E-state index in [0.29, 0.717) is 17.8 Å². The van der Waals surface area contributed by atoms with Crippen molar-refractivity contribution in [2.75, 3.05) is 0 Å². The summed E-state index contributed by atoms with van der Waals surface area (Å²) in [7, 11) is 0. The molecular formula is C14H16N2OS. The summed E-state index contributed by atoms with van der Waals surface area (Å²) in [4.78, 5) is 16.3. The highest BCUT2D eigenvalue weighted by Crippen LogP contribution is 2.33. The molecule has 1 fully saturated rings. The van der Waals surface area contributed by atoms with Gasteiger partial charge in [0.1, 0.15) is 16.9 Å². The van der Waals surface area contributed by atoms with Crippen molar-refractivity contribution in [3.63, 3.8) is 0 Å². The Morgan fingerprint density at radius 1 is 1.44 bits per heavy atom. The Morgan fingerprint density at radius 2 is 2.22 bits per heavy atom. The third kappa shape index (κ3) is 2.73. The van der Waals surface area contributed by atoms with Crippen LogP contribution in [0.4, 0.5) is 0 Å². The molecule has 1 saturated carbocycles. The van der Waals surface area contributed by atoms with Crippen LogP contribution in [-0.2, 0) is 4.79 Å². The number of ketones is 1. The van der Waals surface area contributed by atoms with Gasteiger partial charge in [-0.25, -0.2) is 4.98 Å². The fourth-order valence-electron chi connectivity index (χ4n) is 2.23. The van der Waals surface area contributed by atoms with E-state index >= 15 is 0 Å². The first-order valence-corrected chi connectivity index (χ1v) is 7.07. The van der Waals surface area contributed by atoms with Crippen LogP contribution in [0.1, 0.15) is 42.5 Å². The van der Waals surface area contributed by atoms with E-state index in [4.69, 9.17) is 0 Å². The number of hydrogen-bond acceptors (Lipinski definition) is 4. The standard InChI is InChI=1S/C14H16N2OS/c1-9-7-10(2)16-14(11(9)8-15)18-13-6-4-3-5-12(13)17/h7,13H,3-6H2,1-2H3/t13-/m1/s1. The summed E-state index contributed by atoms with van der Waals surface area (Å²) in [6.45, 7) is 3.83. The molecule has 0 unspecified atom stereocenters. The number of Topliss-reactive ketones (excluding diaryl/α,β-unsaturated/α-hetero) is 1. The average Bonchev–Trinajstić information content (AvgIpc) is 2.31. The molecule has 1 heterocycles. The fourth-order valence-corrected chi connectivity index (χ4v) is 3.56. The van der Waals surface area contributed by atoms with E-state index in [1.165, 1.54) is 11.8 Å². The Labute approximate surface area is 112 Å². The number of carbonyl (C=O) groups is 1. The molecular weight excluding hydrogens is 244 g/mol. The van der Waals surface area contributed by atoms with Gasteiger partial charge in [-0.15, -0.1) is 0 Å². The summed E-state index contributed by atoms with van der Waals surface area (Å²) in [5.41, 5.74) is 2.46. The van der Waals surface area contributed by atoms with E-state index in [9.17, 15) is 10.1 Å². The number of nitriles is 1. The lowest BCUT2D eigenvalue weighted by Crippen LogP contribution is -2.21. The van der Waals surface area contributed by atoms with Crippen LogP contribution in [0.2, 0.25) is 0 Å². The predicted octanol–water partition coefficient (Wildman–Crippen LogP) is 3.17. The molecule has 0 spiro atoms. The second kappa shape index (κ2) is 5.53. The summed E-state index contributed by atoms with van der Waals surface area (Å²) >= 11 is 1.47. The molecule has 94 valence electrons. The summed E-state index contributed by atoms with van der Waals surface area (Å²) in [6.07, 6.45) is 3.67. The fraction of sp³-hybridized carbons (Fsp3) is 0.500. The number of aromatic nitrogens is 1. The van der Waals surface area contributed by atoms with Gasteiger partial charge in [-0.3, -0.25) is 4.79 Å². The molecule has 2 rings (SSSR count). The smallest absolute Gasteiger partial charge is 0.146 e. The summed E-state index contributed by atoms with van der Waals surface area (Å²) in [5, 5.41) is 9.90. The molecule has 0 amide bonds. The van der Waals surface area contributed by atoms with Gasteiger partial charge in [0.2, 0.25) is 0 Å². The quantitative estimate of drug-likeness (QED) is 0.819. The molecule has 0 bridgehead atoms. The second-order valence-electron chi connectivity index (χ2n) is 4.69. The van der Waals surface area contributed by atoms with E-state index in [1.807, 2.05) is 19.9 Å². The van der Waals surface area contributed by atoms with Gasteiger partial charge in [-0.05, 0) is 38.3 Å². The molecule has 0 saturated heterocycles. The van der Waals surface area contributed by atoms with Crippen LogP contribution in [0.5, 0.6) is 0 Å². The molecule has 1 aromatic heterocycles. The Balaban J connectivity index is 2.28. The van der Waals surface area contributed by atoms with Crippen molar-refractivity contribution >= 4 is 17.5 Å². The Kier molecular flexibility index (Phi) is 4.03.